The van der Waals surface area contributed by atoms with Gasteiger partial charge in [0, 0.05) is 5.92 Å². The highest BCUT2D eigenvalue weighted by atomic mass is 16.4. The number of rotatable bonds is 5. The first-order chi connectivity index (χ1) is 8.58. The lowest BCUT2D eigenvalue weighted by Gasteiger charge is -2.26. The Kier molecular flexibility index (Phi) is 5.70. The van der Waals surface area contributed by atoms with E-state index in [9.17, 15) is 9.59 Å². The van der Waals surface area contributed by atoms with Crippen molar-refractivity contribution in [3.63, 3.8) is 0 Å². The molecular formula is C14H21NO3. The number of terminal acetylenes is 1. The van der Waals surface area contributed by atoms with Gasteiger partial charge < -0.3 is 10.4 Å². The summed E-state index contributed by atoms with van der Waals surface area (Å²) >= 11 is 0. The Morgan fingerprint density at radius 2 is 2.11 bits per heavy atom. The van der Waals surface area contributed by atoms with Crippen molar-refractivity contribution in [1.82, 2.24) is 5.32 Å². The van der Waals surface area contributed by atoms with Gasteiger partial charge in [-0.1, -0.05) is 25.7 Å². The van der Waals surface area contributed by atoms with Crippen molar-refractivity contribution < 1.29 is 14.7 Å². The van der Waals surface area contributed by atoms with E-state index in [0.29, 0.717) is 12.8 Å². The standard InChI is InChI=1S/C14H21NO3/c1-3-6-12(4-2)15-13(16)10-7-5-8-11(9-10)14(17)18/h2,10-12H,3,5-9H2,1H3,(H,15,16)(H,17,18). The van der Waals surface area contributed by atoms with Crippen molar-refractivity contribution in [2.45, 2.75) is 51.5 Å². The first kappa shape index (κ1) is 14.6. The number of carbonyl (C=O) groups is 2. The molecule has 0 aromatic heterocycles. The zero-order chi connectivity index (χ0) is 13.5. The molecule has 1 fully saturated rings. The molecule has 1 rings (SSSR count). The minimum atomic E-state index is -0.797. The molecule has 0 bridgehead atoms. The first-order valence-corrected chi connectivity index (χ1v) is 6.57. The number of hydrogen-bond donors (Lipinski definition) is 2. The fourth-order valence-corrected chi connectivity index (χ4v) is 2.43. The lowest BCUT2D eigenvalue weighted by atomic mass is 9.81. The Hall–Kier alpha value is -1.50. The molecule has 3 atom stereocenters. The Balaban J connectivity index is 2.51. The maximum atomic E-state index is 12.0. The highest BCUT2D eigenvalue weighted by molar-refractivity contribution is 5.80. The van der Waals surface area contributed by atoms with Crippen LogP contribution >= 0.6 is 0 Å². The van der Waals surface area contributed by atoms with Crippen LogP contribution in [0, 0.1) is 24.2 Å². The zero-order valence-electron chi connectivity index (χ0n) is 10.8. The third kappa shape index (κ3) is 4.06. The van der Waals surface area contributed by atoms with Crippen LogP contribution in [0.25, 0.3) is 0 Å². The van der Waals surface area contributed by atoms with Gasteiger partial charge in [-0.05, 0) is 25.7 Å². The molecule has 0 aromatic carbocycles. The maximum absolute atomic E-state index is 12.0. The summed E-state index contributed by atoms with van der Waals surface area (Å²) in [6.45, 7) is 2.01. The van der Waals surface area contributed by atoms with Gasteiger partial charge in [0.2, 0.25) is 5.91 Å². The minimum absolute atomic E-state index is 0.0858. The van der Waals surface area contributed by atoms with Crippen molar-refractivity contribution in [2.75, 3.05) is 0 Å². The predicted molar refractivity (Wildman–Crippen MR) is 68.8 cm³/mol. The smallest absolute Gasteiger partial charge is 0.306 e. The van der Waals surface area contributed by atoms with Crippen molar-refractivity contribution in [2.24, 2.45) is 11.8 Å². The van der Waals surface area contributed by atoms with Crippen LogP contribution in [0.15, 0.2) is 0 Å². The SMILES string of the molecule is C#CC(CCC)NC(=O)C1CCCC(C(=O)O)C1. The summed E-state index contributed by atoms with van der Waals surface area (Å²) in [4.78, 5) is 23.0. The molecular weight excluding hydrogens is 230 g/mol. The molecule has 3 unspecified atom stereocenters. The van der Waals surface area contributed by atoms with Gasteiger partial charge in [-0.15, -0.1) is 6.42 Å². The van der Waals surface area contributed by atoms with Crippen LogP contribution in [0.1, 0.15) is 45.4 Å². The lowest BCUT2D eigenvalue weighted by Crippen LogP contribution is -2.40. The van der Waals surface area contributed by atoms with Crippen LogP contribution in [0.5, 0.6) is 0 Å². The average Bonchev–Trinajstić information content (AvgIpc) is 2.38. The quantitative estimate of drug-likeness (QED) is 0.732. The molecule has 0 aliphatic heterocycles. The number of carbonyl (C=O) groups excluding carboxylic acids is 1. The van der Waals surface area contributed by atoms with Gasteiger partial charge in [0.1, 0.15) is 0 Å². The molecule has 2 N–H and O–H groups in total. The molecule has 0 spiro atoms. The second-order valence-electron chi connectivity index (χ2n) is 4.92. The van der Waals surface area contributed by atoms with Gasteiger partial charge in [-0.2, -0.15) is 0 Å². The summed E-state index contributed by atoms with van der Waals surface area (Å²) in [7, 11) is 0. The molecule has 4 heteroatoms. The molecule has 1 amide bonds. The van der Waals surface area contributed by atoms with E-state index in [1.165, 1.54) is 0 Å². The number of amides is 1. The molecule has 1 aliphatic rings. The molecule has 0 radical (unpaired) electrons. The highest BCUT2D eigenvalue weighted by Gasteiger charge is 2.31. The summed E-state index contributed by atoms with van der Waals surface area (Å²) in [5.74, 6) is 1.09. The van der Waals surface area contributed by atoms with E-state index < -0.39 is 5.97 Å². The summed E-state index contributed by atoms with van der Waals surface area (Å²) in [6.07, 6.45) is 9.70. The second-order valence-corrected chi connectivity index (χ2v) is 4.92. The van der Waals surface area contributed by atoms with Crippen LogP contribution in [0.3, 0.4) is 0 Å². The van der Waals surface area contributed by atoms with Crippen molar-refractivity contribution in [3.8, 4) is 12.3 Å². The summed E-state index contributed by atoms with van der Waals surface area (Å²) < 4.78 is 0. The Bertz CT molecular complexity index is 345. The van der Waals surface area contributed by atoms with Crippen LogP contribution < -0.4 is 5.32 Å². The summed E-state index contributed by atoms with van der Waals surface area (Å²) in [5, 5.41) is 11.8. The van der Waals surface area contributed by atoms with E-state index in [4.69, 9.17) is 11.5 Å². The van der Waals surface area contributed by atoms with E-state index in [2.05, 4.69) is 11.2 Å². The van der Waals surface area contributed by atoms with E-state index >= 15 is 0 Å². The van der Waals surface area contributed by atoms with Crippen LogP contribution in [0.2, 0.25) is 0 Å². The van der Waals surface area contributed by atoms with E-state index in [1.807, 2.05) is 6.92 Å². The van der Waals surface area contributed by atoms with E-state index in [0.717, 1.165) is 25.7 Å². The third-order valence-corrected chi connectivity index (χ3v) is 3.49. The molecule has 18 heavy (non-hydrogen) atoms. The zero-order valence-corrected chi connectivity index (χ0v) is 10.8. The molecule has 0 aromatic rings. The lowest BCUT2D eigenvalue weighted by molar-refractivity contribution is -0.144. The average molecular weight is 251 g/mol. The summed E-state index contributed by atoms with van der Waals surface area (Å²) in [6, 6.07) is -0.229. The molecule has 0 saturated heterocycles. The predicted octanol–water partition coefficient (Wildman–Crippen LogP) is 1.80. The van der Waals surface area contributed by atoms with Crippen LogP contribution in [-0.4, -0.2) is 23.0 Å². The van der Waals surface area contributed by atoms with Crippen LogP contribution in [-0.2, 0) is 9.59 Å². The third-order valence-electron chi connectivity index (χ3n) is 3.49. The molecule has 1 saturated carbocycles. The highest BCUT2D eigenvalue weighted by Crippen LogP contribution is 2.29. The second kappa shape index (κ2) is 7.05. The first-order valence-electron chi connectivity index (χ1n) is 6.57. The Morgan fingerprint density at radius 3 is 2.67 bits per heavy atom. The number of hydrogen-bond acceptors (Lipinski definition) is 2. The summed E-state index contributed by atoms with van der Waals surface area (Å²) in [5.41, 5.74) is 0. The number of nitrogens with one attached hydrogen (secondary N) is 1. The van der Waals surface area contributed by atoms with Gasteiger partial charge in [-0.3, -0.25) is 9.59 Å². The molecule has 100 valence electrons. The van der Waals surface area contributed by atoms with Crippen molar-refractivity contribution in [1.29, 1.82) is 0 Å². The van der Waals surface area contributed by atoms with Gasteiger partial charge in [0.05, 0.1) is 12.0 Å². The van der Waals surface area contributed by atoms with Gasteiger partial charge in [-0.25, -0.2) is 0 Å². The van der Waals surface area contributed by atoms with Gasteiger partial charge >= 0.3 is 5.97 Å². The molecule has 4 nitrogen and oxygen atoms in total. The molecule has 1 aliphatic carbocycles. The fourth-order valence-electron chi connectivity index (χ4n) is 2.43. The van der Waals surface area contributed by atoms with E-state index in [-0.39, 0.29) is 23.8 Å². The topological polar surface area (TPSA) is 66.4 Å². The van der Waals surface area contributed by atoms with Crippen molar-refractivity contribution >= 4 is 11.9 Å². The van der Waals surface area contributed by atoms with Crippen LogP contribution in [0.4, 0.5) is 0 Å². The monoisotopic (exact) mass is 251 g/mol. The largest absolute Gasteiger partial charge is 0.481 e. The van der Waals surface area contributed by atoms with Crippen molar-refractivity contribution in [3.05, 3.63) is 0 Å². The number of aliphatic carboxylic acids is 1. The Labute approximate surface area is 108 Å². The van der Waals surface area contributed by atoms with Gasteiger partial charge in [0.25, 0.3) is 0 Å². The minimum Gasteiger partial charge on any atom is -0.481 e. The molecule has 0 heterocycles. The maximum Gasteiger partial charge on any atom is 0.306 e. The van der Waals surface area contributed by atoms with Gasteiger partial charge in [0.15, 0.2) is 0 Å². The normalized spacial score (nSPS) is 24.9. The van der Waals surface area contributed by atoms with E-state index in [1.54, 1.807) is 0 Å². The number of carboxylic acid groups (broad SMARTS) is 1. The Morgan fingerprint density at radius 1 is 1.44 bits per heavy atom. The fraction of sp³-hybridized carbons (Fsp3) is 0.714. The number of carboxylic acids is 1.